The van der Waals surface area contributed by atoms with Gasteiger partial charge in [0.25, 0.3) is 0 Å². The second-order valence-electron chi connectivity index (χ2n) is 1.88. The monoisotopic (exact) mass is 408 g/mol. The van der Waals surface area contributed by atoms with E-state index in [2.05, 4.69) is 9.84 Å². The number of halogens is 4. The Kier molecular flexibility index (Phi) is 1.22. The van der Waals surface area contributed by atoms with Crippen LogP contribution in [0.1, 0.15) is 6.92 Å². The van der Waals surface area contributed by atoms with Crippen LogP contribution in [0.4, 0.5) is 17.6 Å². The predicted octanol–water partition coefficient (Wildman–Crippen LogP) is 1.37. The summed E-state index contributed by atoms with van der Waals surface area (Å²) in [4.78, 5) is 0. The summed E-state index contributed by atoms with van der Waals surface area (Å²) in [5, 5.41) is 4.21. The van der Waals surface area contributed by atoms with Crippen molar-refractivity contribution in [1.29, 1.82) is 0 Å². The van der Waals surface area contributed by atoms with Crippen LogP contribution < -0.4 is 0 Å². The quantitative estimate of drug-likeness (QED) is 0.562. The number of alkyl halides is 3. The van der Waals surface area contributed by atoms with Gasteiger partial charge >= 0.3 is 53.2 Å². The van der Waals surface area contributed by atoms with Crippen molar-refractivity contribution in [3.63, 3.8) is 0 Å². The molecule has 0 saturated heterocycles. The summed E-state index contributed by atoms with van der Waals surface area (Å²) < 4.78 is 49.7. The first-order valence-corrected chi connectivity index (χ1v) is 4.80. The fraction of sp³-hybridized carbons (Fsp3) is 0.750. The van der Waals surface area contributed by atoms with Crippen LogP contribution >= 0.6 is 0 Å². The van der Waals surface area contributed by atoms with Crippen LogP contribution in [-0.4, -0.2) is 18.8 Å². The number of rotatable bonds is 0. The second kappa shape index (κ2) is 1.76. The zero-order chi connectivity index (χ0) is 8.70. The van der Waals surface area contributed by atoms with Crippen molar-refractivity contribution in [3.8, 4) is 0 Å². The van der Waals surface area contributed by atoms with Gasteiger partial charge in [0.05, 0.1) is 0 Å². The molecule has 2 nitrogen and oxygen atoms in total. The van der Waals surface area contributed by atoms with E-state index in [0.717, 1.165) is 0 Å². The molecule has 0 radical (unpaired) electrons. The molecule has 0 aromatic rings. The third kappa shape index (κ3) is 1.05. The maximum atomic E-state index is 12.1. The molecule has 1 aliphatic rings. The van der Waals surface area contributed by atoms with E-state index in [1.807, 2.05) is 0 Å². The normalized spacial score (nSPS) is 31.5. The molecule has 1 unspecified atom stereocenters. The summed E-state index contributed by atoms with van der Waals surface area (Å²) in [6, 6.07) is 0. The van der Waals surface area contributed by atoms with E-state index in [4.69, 9.17) is 0 Å². The number of hydrogen-bond acceptors (Lipinski definition) is 2. The van der Waals surface area contributed by atoms with E-state index < -0.39 is 18.8 Å². The minimum atomic E-state index is -4.67. The molecule has 0 aliphatic carbocycles. The summed E-state index contributed by atoms with van der Waals surface area (Å²) >= 11 is 0. The average Bonchev–Trinajstić information content (AvgIpc) is 2.10. The van der Waals surface area contributed by atoms with Crippen LogP contribution in [0, 0.1) is 0 Å². The van der Waals surface area contributed by atoms with Gasteiger partial charge < -0.3 is 0 Å². The van der Waals surface area contributed by atoms with Gasteiger partial charge in [0, 0.05) is 0 Å². The standard InChI is InChI=1S/C4H3F4O2.Cf/c1-3(9,10-2-5)4(6,7)8;/h1H3;/q-1;+1. The van der Waals surface area contributed by atoms with Crippen molar-refractivity contribution in [2.24, 2.45) is 0 Å². The zero-order valence-electron chi connectivity index (χ0n) is 5.14. The topological polar surface area (TPSA) is 18.5 Å². The maximum absolute atomic E-state index is 12.1. The SMILES string of the molecule is CC1(C(F)(F)F)[O][Cf]=[C](F)O1. The van der Waals surface area contributed by atoms with E-state index in [1.54, 1.807) is 0 Å². The van der Waals surface area contributed by atoms with Crippen molar-refractivity contribution in [3.05, 3.63) is 0 Å². The molecule has 1 heterocycles. The van der Waals surface area contributed by atoms with Crippen molar-refractivity contribution >= 4 is 6.86 Å². The van der Waals surface area contributed by atoms with Gasteiger partial charge in [0.15, 0.2) is 0 Å². The van der Waals surface area contributed by atoms with Crippen LogP contribution in [-0.2, 0) is 9.84 Å². The van der Waals surface area contributed by atoms with Gasteiger partial charge in [-0.25, -0.2) is 0 Å². The molecular weight excluding hydrogens is 407 g/mol. The van der Waals surface area contributed by atoms with Gasteiger partial charge in [0.1, 0.15) is 0 Å². The van der Waals surface area contributed by atoms with Gasteiger partial charge in [-0.1, -0.05) is 0 Å². The van der Waals surface area contributed by atoms with Gasteiger partial charge in [-0.2, -0.15) is 0 Å². The van der Waals surface area contributed by atoms with Crippen molar-refractivity contribution < 1.29 is 27.4 Å². The van der Waals surface area contributed by atoms with E-state index in [1.165, 1.54) is 0 Å². The predicted molar refractivity (Wildman–Crippen MR) is 22.7 cm³/mol. The first kappa shape index (κ1) is 7.62. The molecule has 7 heteroatoms. The van der Waals surface area contributed by atoms with E-state index in [0.29, 0.717) is 6.92 Å². The van der Waals surface area contributed by atoms with Crippen LogP contribution in [0.3, 0.4) is 0 Å². The third-order valence-electron chi connectivity index (χ3n) is 0.987. The Morgan fingerprint density at radius 1 is 1.45 bits per heavy atom. The summed E-state index contributed by atoms with van der Waals surface area (Å²) in [6.45, 7) is -0.436. The zero-order valence-corrected chi connectivity index (χ0v) is 7.78. The molecule has 1 rings (SSSR count). The first-order valence-electron chi connectivity index (χ1n) is 2.41. The molecular formula is C4H3CfF4O2. The molecule has 0 saturated carbocycles. The molecule has 11 heavy (non-hydrogen) atoms. The Morgan fingerprint density at radius 2 is 2.00 bits per heavy atom. The first-order chi connectivity index (χ1) is 4.85. The number of ether oxygens (including phenoxy) is 1. The Morgan fingerprint density at radius 3 is 2.18 bits per heavy atom. The minimum absolute atomic E-state index is 0.662. The average molecular weight is 410 g/mol. The summed E-state index contributed by atoms with van der Waals surface area (Å²) in [5.74, 6) is -2.74. The van der Waals surface area contributed by atoms with Crippen LogP contribution in [0.2, 0.25) is 0 Å². The van der Waals surface area contributed by atoms with Gasteiger partial charge in [-0.3, -0.25) is 0 Å². The molecule has 0 N–H and O–H groups in total. The molecule has 1 aliphatic heterocycles. The van der Waals surface area contributed by atoms with Crippen molar-refractivity contribution in [1.82, 2.24) is 0 Å². The Bertz CT molecular complexity index is 201. The van der Waals surface area contributed by atoms with E-state index >= 15 is 0 Å². The Labute approximate surface area is 54.4 Å². The molecule has 0 amide bonds. The van der Waals surface area contributed by atoms with E-state index in [9.17, 15) is 17.6 Å². The van der Waals surface area contributed by atoms with E-state index in [-0.39, 0.29) is 0 Å². The molecule has 69 valence electrons. The van der Waals surface area contributed by atoms with Gasteiger partial charge in [0.2, 0.25) is 0 Å². The van der Waals surface area contributed by atoms with Crippen LogP contribution in [0.15, 0.2) is 0 Å². The van der Waals surface area contributed by atoms with Crippen molar-refractivity contribution in [2.45, 2.75) is 18.9 Å². The molecule has 0 aromatic carbocycles. The molecule has 0 aromatic heterocycles. The van der Waals surface area contributed by atoms with Crippen LogP contribution in [0.5, 0.6) is 0 Å². The summed E-state index contributed by atoms with van der Waals surface area (Å²) in [5.41, 5.74) is 0. The summed E-state index contributed by atoms with van der Waals surface area (Å²) in [7, 11) is 0. The summed E-state index contributed by atoms with van der Waals surface area (Å²) in [6.07, 6.45) is -4.67. The van der Waals surface area contributed by atoms with Gasteiger partial charge in [-0.15, -0.1) is 0 Å². The molecule has 1 atom stereocenters. The molecule has 0 fully saturated rings. The van der Waals surface area contributed by atoms with Crippen molar-refractivity contribution in [2.75, 3.05) is 0 Å². The van der Waals surface area contributed by atoms with Gasteiger partial charge in [-0.05, 0) is 0 Å². The third-order valence-corrected chi connectivity index (χ3v) is 2.97. The number of hydrogen-bond donors (Lipinski definition) is 0. The Hall–Kier alpha value is -1.49. The second-order valence-corrected chi connectivity index (χ2v) is 3.99. The van der Waals surface area contributed by atoms with Crippen LogP contribution in [0.25, 0.3) is 0 Å². The fourth-order valence-electron chi connectivity index (χ4n) is 0.343. The molecule has 0 bridgehead atoms. The molecule has 0 spiro atoms. The fourth-order valence-corrected chi connectivity index (χ4v) is 2.10. The Balaban J connectivity index is 2.74.